The van der Waals surface area contributed by atoms with Crippen LogP contribution < -0.4 is 0 Å². The van der Waals surface area contributed by atoms with E-state index in [0.717, 1.165) is 5.56 Å². The van der Waals surface area contributed by atoms with Gasteiger partial charge < -0.3 is 0 Å². The lowest BCUT2D eigenvalue weighted by atomic mass is 9.91. The van der Waals surface area contributed by atoms with Crippen LogP contribution >= 0.6 is 0 Å². The minimum absolute atomic E-state index is 0.0358. The van der Waals surface area contributed by atoms with E-state index in [4.69, 9.17) is 5.26 Å². The van der Waals surface area contributed by atoms with E-state index in [1.165, 1.54) is 24.3 Å². The molecule has 0 aliphatic carbocycles. The molecule has 0 unspecified atom stereocenters. The molecule has 0 atom stereocenters. The van der Waals surface area contributed by atoms with Crippen molar-refractivity contribution in [2.24, 2.45) is 0 Å². The van der Waals surface area contributed by atoms with Gasteiger partial charge in [-0.2, -0.15) is 15.8 Å². The largest absolute Gasteiger partial charge is 0.218 e. The maximum Gasteiger partial charge on any atom is 0.207 e. The maximum atomic E-state index is 12.9. The zero-order valence-electron chi connectivity index (χ0n) is 12.5. The van der Waals surface area contributed by atoms with E-state index >= 15 is 0 Å². The molecule has 2 aromatic rings. The van der Waals surface area contributed by atoms with Gasteiger partial charge in [0.25, 0.3) is 0 Å². The number of aryl methyl sites for hydroxylation is 1. The molecule has 0 fully saturated rings. The maximum absolute atomic E-state index is 12.9. The van der Waals surface area contributed by atoms with Gasteiger partial charge in [0.2, 0.25) is 9.84 Å². The monoisotopic (exact) mass is 331 g/mol. The molecule has 5 nitrogen and oxygen atoms in total. The zero-order chi connectivity index (χ0) is 17.5. The van der Waals surface area contributed by atoms with Crippen LogP contribution in [-0.2, 0) is 9.84 Å². The summed E-state index contributed by atoms with van der Waals surface area (Å²) in [5.41, 5.74) is 1.74. The van der Waals surface area contributed by atoms with Crippen LogP contribution in [-0.4, -0.2) is 8.42 Å². The van der Waals surface area contributed by atoms with Gasteiger partial charge in [0.05, 0.1) is 21.4 Å². The third-order valence-corrected chi connectivity index (χ3v) is 5.69. The van der Waals surface area contributed by atoms with Crippen molar-refractivity contribution in [2.45, 2.75) is 16.7 Å². The highest BCUT2D eigenvalue weighted by Gasteiger charge is 2.34. The molecule has 1 aliphatic heterocycles. The predicted octanol–water partition coefficient (Wildman–Crippen LogP) is 2.86. The number of hydrogen-bond acceptors (Lipinski definition) is 5. The van der Waals surface area contributed by atoms with E-state index < -0.39 is 9.84 Å². The fourth-order valence-electron chi connectivity index (χ4n) is 2.76. The van der Waals surface area contributed by atoms with E-state index in [1.54, 1.807) is 19.1 Å². The van der Waals surface area contributed by atoms with Gasteiger partial charge in [0, 0.05) is 16.7 Å². The first-order chi connectivity index (χ1) is 11.4. The summed E-state index contributed by atoms with van der Waals surface area (Å²) in [6.45, 7) is 1.80. The third-order valence-electron chi connectivity index (χ3n) is 3.84. The SMILES string of the molecule is Cc1ccc2c(c1)C(=C(C#N)C#N)c1ccc(C#N)cc1S2(=O)=O. The molecule has 1 aliphatic rings. The molecule has 114 valence electrons. The number of fused-ring (bicyclic) bond motifs is 2. The molecule has 0 radical (unpaired) electrons. The molecule has 0 saturated heterocycles. The minimum Gasteiger partial charge on any atom is -0.218 e. The van der Waals surface area contributed by atoms with Gasteiger partial charge in [-0.05, 0) is 25.1 Å². The van der Waals surface area contributed by atoms with Crippen molar-refractivity contribution in [3.8, 4) is 18.2 Å². The summed E-state index contributed by atoms with van der Waals surface area (Å²) >= 11 is 0. The van der Waals surface area contributed by atoms with E-state index in [1.807, 2.05) is 18.2 Å². The summed E-state index contributed by atoms with van der Waals surface area (Å²) < 4.78 is 25.8. The lowest BCUT2D eigenvalue weighted by molar-refractivity contribution is 0.594. The number of hydrogen-bond donors (Lipinski definition) is 0. The molecule has 2 aromatic carbocycles. The first kappa shape index (κ1) is 15.5. The Hall–Kier alpha value is -3.40. The Morgan fingerprint density at radius 3 is 2.25 bits per heavy atom. The summed E-state index contributed by atoms with van der Waals surface area (Å²) in [4.78, 5) is -0.0235. The minimum atomic E-state index is -3.84. The number of nitrogens with zero attached hydrogens (tertiary/aromatic N) is 3. The molecular formula is C18H9N3O2S. The Morgan fingerprint density at radius 2 is 1.62 bits per heavy atom. The highest BCUT2D eigenvalue weighted by atomic mass is 32.2. The van der Waals surface area contributed by atoms with E-state index in [0.29, 0.717) is 5.56 Å². The van der Waals surface area contributed by atoms with Crippen LogP contribution in [0, 0.1) is 40.9 Å². The van der Waals surface area contributed by atoms with E-state index in [9.17, 15) is 18.9 Å². The topological polar surface area (TPSA) is 106 Å². The van der Waals surface area contributed by atoms with Gasteiger partial charge in [-0.25, -0.2) is 8.42 Å². The van der Waals surface area contributed by atoms with E-state index in [-0.39, 0.29) is 32.1 Å². The zero-order valence-corrected chi connectivity index (χ0v) is 13.3. The van der Waals surface area contributed by atoms with Gasteiger partial charge in [0.1, 0.15) is 17.7 Å². The molecule has 0 N–H and O–H groups in total. The predicted molar refractivity (Wildman–Crippen MR) is 85.0 cm³/mol. The van der Waals surface area contributed by atoms with Crippen molar-refractivity contribution >= 4 is 15.4 Å². The lowest BCUT2D eigenvalue weighted by Crippen LogP contribution is -2.15. The van der Waals surface area contributed by atoms with Gasteiger partial charge in [-0.15, -0.1) is 0 Å². The Morgan fingerprint density at radius 1 is 0.917 bits per heavy atom. The first-order valence-electron chi connectivity index (χ1n) is 6.89. The van der Waals surface area contributed by atoms with Gasteiger partial charge in [0.15, 0.2) is 0 Å². The fraction of sp³-hybridized carbons (Fsp3) is 0.0556. The van der Waals surface area contributed by atoms with Crippen molar-refractivity contribution < 1.29 is 8.42 Å². The molecule has 0 amide bonds. The molecule has 0 aromatic heterocycles. The summed E-state index contributed by atoms with van der Waals surface area (Å²) in [5, 5.41) is 27.6. The second-order valence-electron chi connectivity index (χ2n) is 5.30. The van der Waals surface area contributed by atoms with Crippen molar-refractivity contribution in [1.29, 1.82) is 15.8 Å². The first-order valence-corrected chi connectivity index (χ1v) is 8.37. The lowest BCUT2D eigenvalue weighted by Gasteiger charge is -2.23. The highest BCUT2D eigenvalue weighted by molar-refractivity contribution is 7.91. The van der Waals surface area contributed by atoms with Crippen molar-refractivity contribution in [3.63, 3.8) is 0 Å². The molecule has 6 heteroatoms. The van der Waals surface area contributed by atoms with Crippen molar-refractivity contribution in [3.05, 3.63) is 64.2 Å². The highest BCUT2D eigenvalue weighted by Crippen LogP contribution is 2.43. The van der Waals surface area contributed by atoms with Gasteiger partial charge >= 0.3 is 0 Å². The molecule has 24 heavy (non-hydrogen) atoms. The Bertz CT molecular complexity index is 1140. The van der Waals surface area contributed by atoms with Crippen LogP contribution in [0.5, 0.6) is 0 Å². The standard InChI is InChI=1S/C18H9N3O2S/c1-11-2-5-16-15(6-11)18(13(9-20)10-21)14-4-3-12(8-19)7-17(14)24(16,22)23/h2-7H,1H3. The number of sulfone groups is 1. The normalized spacial score (nSPS) is 13.7. The Labute approximate surface area is 139 Å². The fourth-order valence-corrected chi connectivity index (χ4v) is 4.44. The summed E-state index contributed by atoms with van der Waals surface area (Å²) in [7, 11) is -3.84. The average Bonchev–Trinajstić information content (AvgIpc) is 2.58. The Balaban J connectivity index is 2.56. The summed E-state index contributed by atoms with van der Waals surface area (Å²) in [6.07, 6.45) is 0. The van der Waals surface area contributed by atoms with Crippen LogP contribution in [0.1, 0.15) is 22.3 Å². The molecule has 0 bridgehead atoms. The van der Waals surface area contributed by atoms with Crippen LogP contribution in [0.15, 0.2) is 51.8 Å². The molecular weight excluding hydrogens is 322 g/mol. The number of rotatable bonds is 0. The van der Waals surface area contributed by atoms with Gasteiger partial charge in [-0.3, -0.25) is 0 Å². The van der Waals surface area contributed by atoms with Crippen LogP contribution in [0.4, 0.5) is 0 Å². The third kappa shape index (κ3) is 2.08. The van der Waals surface area contributed by atoms with Crippen LogP contribution in [0.25, 0.3) is 5.57 Å². The Kier molecular flexibility index (Phi) is 3.45. The van der Waals surface area contributed by atoms with E-state index in [2.05, 4.69) is 0 Å². The molecule has 3 rings (SSSR count). The van der Waals surface area contributed by atoms with Crippen LogP contribution in [0.3, 0.4) is 0 Å². The van der Waals surface area contributed by atoms with Crippen molar-refractivity contribution in [1.82, 2.24) is 0 Å². The van der Waals surface area contributed by atoms with Crippen LogP contribution in [0.2, 0.25) is 0 Å². The van der Waals surface area contributed by atoms with Crippen molar-refractivity contribution in [2.75, 3.05) is 0 Å². The van der Waals surface area contributed by atoms with Gasteiger partial charge in [-0.1, -0.05) is 23.8 Å². The summed E-state index contributed by atoms with van der Waals surface area (Å²) in [5.74, 6) is 0. The second-order valence-corrected chi connectivity index (χ2v) is 7.19. The average molecular weight is 331 g/mol. The second kappa shape index (κ2) is 5.35. The number of benzene rings is 2. The number of nitriles is 3. The molecule has 1 heterocycles. The summed E-state index contributed by atoms with van der Waals surface area (Å²) in [6, 6.07) is 14.6. The smallest absolute Gasteiger partial charge is 0.207 e. The molecule has 0 saturated carbocycles. The molecule has 0 spiro atoms. The quantitative estimate of drug-likeness (QED) is 0.589. The number of allylic oxidation sites excluding steroid dienone is 1.